The fraction of sp³-hybridized carbons (Fsp3) is 0.154. The number of aryl methyl sites for hydroxylation is 1. The van der Waals surface area contributed by atoms with E-state index in [2.05, 4.69) is 77.5 Å². The van der Waals surface area contributed by atoms with Crippen molar-refractivity contribution in [3.8, 4) is 11.1 Å². The van der Waals surface area contributed by atoms with Crippen molar-refractivity contribution in [1.82, 2.24) is 0 Å². The largest absolute Gasteiger partial charge is 2.00 e. The van der Waals surface area contributed by atoms with Crippen LogP contribution in [0.25, 0.3) is 28.2 Å². The number of furan rings is 1. The van der Waals surface area contributed by atoms with Crippen LogP contribution in [0.3, 0.4) is 0 Å². The van der Waals surface area contributed by atoms with E-state index < -0.39 is 0 Å². The SMILES string of the molecule is Cc1cc(-c2[c-]ccc(C3(C)C=Cc4oc5ccccc5c4C3)c2)[c-]c(Br)c1N.[U+2]. The third-order valence-electron chi connectivity index (χ3n) is 5.89. The number of hydrogen-bond acceptors (Lipinski definition) is 2. The summed E-state index contributed by atoms with van der Waals surface area (Å²) < 4.78 is 6.83. The normalized spacial score (nSPS) is 17.6. The Morgan fingerprint density at radius 1 is 1.13 bits per heavy atom. The number of halogens is 1. The van der Waals surface area contributed by atoms with E-state index in [1.165, 1.54) is 16.5 Å². The Labute approximate surface area is 209 Å². The van der Waals surface area contributed by atoms with Crippen LogP contribution in [0.2, 0.25) is 0 Å². The second kappa shape index (κ2) is 8.08. The van der Waals surface area contributed by atoms with Gasteiger partial charge in [-0.2, -0.15) is 30.3 Å². The molecular weight excluding hydrogens is 660 g/mol. The first-order valence-electron chi connectivity index (χ1n) is 9.65. The molecule has 1 aromatic heterocycles. The van der Waals surface area contributed by atoms with E-state index >= 15 is 0 Å². The number of anilines is 1. The minimum absolute atomic E-state index is 0. The zero-order chi connectivity index (χ0) is 20.2. The first-order chi connectivity index (χ1) is 13.9. The summed E-state index contributed by atoms with van der Waals surface area (Å²) in [5.41, 5.74) is 13.2. The third kappa shape index (κ3) is 3.60. The molecule has 0 amide bonds. The van der Waals surface area contributed by atoms with Gasteiger partial charge >= 0.3 is 31.1 Å². The Balaban J connectivity index is 0.00000218. The van der Waals surface area contributed by atoms with Gasteiger partial charge in [0.25, 0.3) is 0 Å². The predicted octanol–water partition coefficient (Wildman–Crippen LogP) is 6.88. The minimum atomic E-state index is -0.121. The van der Waals surface area contributed by atoms with Crippen LogP contribution >= 0.6 is 15.9 Å². The molecule has 3 aromatic carbocycles. The molecule has 4 heteroatoms. The van der Waals surface area contributed by atoms with E-state index in [4.69, 9.17) is 10.2 Å². The standard InChI is InChI=1S/C26H20BrNO.U/c1-16-12-18(14-22(27)25(16)28)17-6-5-7-19(13-17)26(2)11-10-24-21(15-26)20-8-3-4-9-23(20)29-24;/h3-5,7-13H,15,28H2,1-2H3;/q-2;+2. The molecule has 2 N–H and O–H groups in total. The molecule has 0 spiro atoms. The number of nitrogens with two attached hydrogens (primary N) is 1. The van der Waals surface area contributed by atoms with Crippen molar-refractivity contribution < 1.29 is 35.5 Å². The summed E-state index contributed by atoms with van der Waals surface area (Å²) in [5, 5.41) is 1.20. The van der Waals surface area contributed by atoms with Crippen molar-refractivity contribution in [2.45, 2.75) is 25.7 Å². The van der Waals surface area contributed by atoms with Gasteiger partial charge in [0.15, 0.2) is 0 Å². The number of benzene rings is 3. The van der Waals surface area contributed by atoms with Gasteiger partial charge in [-0.15, -0.1) is 17.2 Å². The maximum atomic E-state index is 6.07. The van der Waals surface area contributed by atoms with Crippen LogP contribution in [0.1, 0.15) is 29.4 Å². The third-order valence-corrected chi connectivity index (χ3v) is 6.52. The summed E-state index contributed by atoms with van der Waals surface area (Å²) in [7, 11) is 0. The molecule has 30 heavy (non-hydrogen) atoms. The number of nitrogen functional groups attached to an aromatic ring is 1. The molecule has 1 aliphatic rings. The zero-order valence-electron chi connectivity index (χ0n) is 16.8. The first-order valence-corrected chi connectivity index (χ1v) is 10.4. The van der Waals surface area contributed by atoms with Gasteiger partial charge in [-0.05, 0) is 29.7 Å². The van der Waals surface area contributed by atoms with Crippen molar-refractivity contribution in [3.63, 3.8) is 0 Å². The predicted molar refractivity (Wildman–Crippen MR) is 123 cm³/mol. The van der Waals surface area contributed by atoms with Crippen molar-refractivity contribution in [1.29, 1.82) is 0 Å². The Bertz CT molecular complexity index is 1270. The van der Waals surface area contributed by atoms with Gasteiger partial charge in [-0.3, -0.25) is 0 Å². The molecule has 0 fully saturated rings. The van der Waals surface area contributed by atoms with Crippen LogP contribution in [0, 0.1) is 50.2 Å². The molecule has 1 atom stereocenters. The number of hydrogen-bond donors (Lipinski definition) is 1. The van der Waals surface area contributed by atoms with Gasteiger partial charge in [-0.1, -0.05) is 58.5 Å². The molecule has 146 valence electrons. The van der Waals surface area contributed by atoms with Gasteiger partial charge in [0.2, 0.25) is 0 Å². The fourth-order valence-corrected chi connectivity index (χ4v) is 4.66. The molecule has 0 saturated heterocycles. The summed E-state index contributed by atoms with van der Waals surface area (Å²) in [6.45, 7) is 4.29. The summed E-state index contributed by atoms with van der Waals surface area (Å²) in [5.74, 6) is 0.970. The molecule has 4 aromatic rings. The Kier molecular flexibility index (Phi) is 5.79. The van der Waals surface area contributed by atoms with Crippen LogP contribution in [-0.4, -0.2) is 0 Å². The molecule has 5 rings (SSSR count). The molecule has 0 radical (unpaired) electrons. The average molecular weight is 680 g/mol. The Morgan fingerprint density at radius 3 is 2.73 bits per heavy atom. The number of para-hydroxylation sites is 1. The van der Waals surface area contributed by atoms with E-state index in [9.17, 15) is 0 Å². The van der Waals surface area contributed by atoms with Crippen LogP contribution < -0.4 is 5.73 Å². The second-order valence-electron chi connectivity index (χ2n) is 7.95. The van der Waals surface area contributed by atoms with E-state index in [1.807, 2.05) is 25.1 Å². The molecule has 1 aliphatic carbocycles. The molecule has 0 aliphatic heterocycles. The van der Waals surface area contributed by atoms with Gasteiger partial charge < -0.3 is 10.2 Å². The van der Waals surface area contributed by atoms with Crippen molar-refractivity contribution in [2.75, 3.05) is 5.73 Å². The van der Waals surface area contributed by atoms with Crippen LogP contribution in [-0.2, 0) is 11.8 Å². The quantitative estimate of drug-likeness (QED) is 0.185. The molecule has 2 nitrogen and oxygen atoms in total. The monoisotopic (exact) mass is 679 g/mol. The summed E-state index contributed by atoms with van der Waals surface area (Å²) in [6, 6.07) is 23.4. The topological polar surface area (TPSA) is 39.2 Å². The zero-order valence-corrected chi connectivity index (χ0v) is 22.6. The van der Waals surface area contributed by atoms with Crippen LogP contribution in [0.4, 0.5) is 5.69 Å². The van der Waals surface area contributed by atoms with E-state index in [0.29, 0.717) is 0 Å². The number of rotatable bonds is 2. The second-order valence-corrected chi connectivity index (χ2v) is 8.75. The molecule has 0 saturated carbocycles. The molecule has 1 unspecified atom stereocenters. The first kappa shape index (κ1) is 21.5. The maximum absolute atomic E-state index is 6.07. The van der Waals surface area contributed by atoms with Crippen molar-refractivity contribution in [3.05, 3.63) is 93.7 Å². The van der Waals surface area contributed by atoms with Crippen LogP contribution in [0.15, 0.2) is 63.5 Å². The molecule has 0 bridgehead atoms. The number of allylic oxidation sites excluding steroid dienone is 1. The van der Waals surface area contributed by atoms with Gasteiger partial charge in [0, 0.05) is 10.9 Å². The van der Waals surface area contributed by atoms with Crippen molar-refractivity contribution in [2.24, 2.45) is 0 Å². The van der Waals surface area contributed by atoms with E-state index in [1.54, 1.807) is 0 Å². The van der Waals surface area contributed by atoms with E-state index in [-0.39, 0.29) is 36.5 Å². The van der Waals surface area contributed by atoms with Gasteiger partial charge in [0.05, 0.1) is 0 Å². The fourth-order valence-electron chi connectivity index (χ4n) is 4.13. The smallest absolute Gasteiger partial charge is 0.456 e. The number of fused-ring (bicyclic) bond motifs is 3. The maximum Gasteiger partial charge on any atom is 2.00 e. The minimum Gasteiger partial charge on any atom is -0.456 e. The van der Waals surface area contributed by atoms with Gasteiger partial charge in [0.1, 0.15) is 11.3 Å². The summed E-state index contributed by atoms with van der Waals surface area (Å²) in [4.78, 5) is 0. The van der Waals surface area contributed by atoms with Crippen LogP contribution in [0.5, 0.6) is 0 Å². The van der Waals surface area contributed by atoms with Gasteiger partial charge in [-0.25, -0.2) is 11.1 Å². The molecule has 1 heterocycles. The Morgan fingerprint density at radius 2 is 1.93 bits per heavy atom. The Hall–Kier alpha value is -1.73. The van der Waals surface area contributed by atoms with Crippen molar-refractivity contribution >= 4 is 38.7 Å². The van der Waals surface area contributed by atoms with E-state index in [0.717, 1.165) is 44.6 Å². The summed E-state index contributed by atoms with van der Waals surface area (Å²) >= 11 is 3.52. The average Bonchev–Trinajstić information content (AvgIpc) is 3.09. The molecular formula is C26H20BrNOU. The summed E-state index contributed by atoms with van der Waals surface area (Å²) in [6.07, 6.45) is 5.27.